The number of rotatable bonds is 7. The van der Waals surface area contributed by atoms with Gasteiger partial charge in [-0.05, 0) is 62.6 Å². The molecule has 1 N–H and O–H groups in total. The van der Waals surface area contributed by atoms with Crippen molar-refractivity contribution in [2.24, 2.45) is 18.0 Å². The first-order chi connectivity index (χ1) is 19.5. The minimum absolute atomic E-state index is 0.277. The van der Waals surface area contributed by atoms with Gasteiger partial charge in [-0.1, -0.05) is 13.0 Å². The van der Waals surface area contributed by atoms with Crippen LogP contribution in [0.3, 0.4) is 0 Å². The van der Waals surface area contributed by atoms with Gasteiger partial charge in [-0.2, -0.15) is 0 Å². The Kier molecular flexibility index (Phi) is 7.21. The van der Waals surface area contributed by atoms with Gasteiger partial charge < -0.3 is 24.3 Å². The van der Waals surface area contributed by atoms with E-state index in [1.165, 1.54) is 0 Å². The number of fused-ring (bicyclic) bond motifs is 2. The fraction of sp³-hybridized carbons (Fsp3) is 0.355. The molecular formula is C31H35N7O2. The zero-order valence-electron chi connectivity index (χ0n) is 23.5. The summed E-state index contributed by atoms with van der Waals surface area (Å²) in [6.07, 6.45) is 9.88. The van der Waals surface area contributed by atoms with E-state index in [0.717, 1.165) is 82.8 Å². The van der Waals surface area contributed by atoms with E-state index < -0.39 is 0 Å². The Morgan fingerprint density at radius 3 is 2.90 bits per heavy atom. The number of hydrogen-bond acceptors (Lipinski definition) is 8. The molecule has 9 nitrogen and oxygen atoms in total. The average Bonchev–Trinajstić information content (AvgIpc) is 3.66. The van der Waals surface area contributed by atoms with Gasteiger partial charge in [0.2, 0.25) is 5.95 Å². The van der Waals surface area contributed by atoms with Crippen molar-refractivity contribution in [2.45, 2.75) is 39.7 Å². The second-order valence-electron chi connectivity index (χ2n) is 10.4. The maximum atomic E-state index is 6.22. The van der Waals surface area contributed by atoms with E-state index >= 15 is 0 Å². The third-order valence-corrected chi connectivity index (χ3v) is 7.56. The van der Waals surface area contributed by atoms with E-state index in [1.54, 1.807) is 6.21 Å². The summed E-state index contributed by atoms with van der Waals surface area (Å²) in [6.45, 7) is 8.67. The minimum atomic E-state index is 0.277. The largest absolute Gasteiger partial charge is 0.457 e. The van der Waals surface area contributed by atoms with Crippen LogP contribution in [0.1, 0.15) is 32.3 Å². The lowest BCUT2D eigenvalue weighted by atomic mass is 10.1. The molecule has 0 amide bonds. The zero-order valence-corrected chi connectivity index (χ0v) is 23.5. The van der Waals surface area contributed by atoms with Crippen LogP contribution < -0.4 is 25.5 Å². The highest BCUT2D eigenvalue weighted by atomic mass is 16.5. The number of aromatic nitrogens is 4. The molecule has 0 radical (unpaired) electrons. The predicted octanol–water partition coefficient (Wildman–Crippen LogP) is 4.15. The topological polar surface area (TPSA) is 89.7 Å². The molecule has 0 aliphatic carbocycles. The Hall–Kier alpha value is -4.24. The second kappa shape index (κ2) is 11.1. The summed E-state index contributed by atoms with van der Waals surface area (Å²) in [5.41, 5.74) is 3.87. The van der Waals surface area contributed by atoms with Gasteiger partial charge in [0.25, 0.3) is 0 Å². The van der Waals surface area contributed by atoms with E-state index in [-0.39, 0.29) is 6.10 Å². The Morgan fingerprint density at radius 1 is 1.20 bits per heavy atom. The Bertz CT molecular complexity index is 1680. The minimum Gasteiger partial charge on any atom is -0.457 e. The number of hydrogen-bond donors (Lipinski definition) is 1. The number of nitrogens with one attached hydrogen (secondary N) is 1. The van der Waals surface area contributed by atoms with Gasteiger partial charge in [-0.15, -0.1) is 0 Å². The average molecular weight is 538 g/mol. The molecule has 206 valence electrons. The molecule has 2 atom stereocenters. The number of anilines is 2. The van der Waals surface area contributed by atoms with Gasteiger partial charge in [0.1, 0.15) is 16.8 Å². The Labute approximate surface area is 233 Å². The van der Waals surface area contributed by atoms with Gasteiger partial charge in [0.15, 0.2) is 5.82 Å². The normalized spacial score (nSPS) is 20.0. The summed E-state index contributed by atoms with van der Waals surface area (Å²) in [5.74, 6) is 3.49. The summed E-state index contributed by atoms with van der Waals surface area (Å²) in [6, 6.07) is 12.0. The highest BCUT2D eigenvalue weighted by Gasteiger charge is 2.38. The molecular weight excluding hydrogens is 502 g/mol. The van der Waals surface area contributed by atoms with Gasteiger partial charge >= 0.3 is 0 Å². The molecule has 2 unspecified atom stereocenters. The third kappa shape index (κ3) is 5.16. The van der Waals surface area contributed by atoms with Crippen molar-refractivity contribution >= 4 is 40.8 Å². The molecule has 2 saturated heterocycles. The second-order valence-corrected chi connectivity index (χ2v) is 10.4. The quantitative estimate of drug-likeness (QED) is 0.354. The number of aryl methyl sites for hydroxylation is 2. The highest BCUT2D eigenvalue weighted by molar-refractivity contribution is 5.77. The highest BCUT2D eigenvalue weighted by Crippen LogP contribution is 2.31. The van der Waals surface area contributed by atoms with Crippen LogP contribution in [-0.2, 0) is 11.8 Å². The smallest absolute Gasteiger partial charge is 0.226 e. The molecule has 4 heterocycles. The molecule has 2 fully saturated rings. The maximum Gasteiger partial charge on any atom is 0.226 e. The van der Waals surface area contributed by atoms with Crippen molar-refractivity contribution in [1.82, 2.24) is 19.5 Å². The van der Waals surface area contributed by atoms with Crippen molar-refractivity contribution < 1.29 is 9.47 Å². The summed E-state index contributed by atoms with van der Waals surface area (Å²) < 4.78 is 14.1. The van der Waals surface area contributed by atoms with Crippen LogP contribution in [0.15, 0.2) is 53.9 Å². The van der Waals surface area contributed by atoms with Crippen molar-refractivity contribution in [3.63, 3.8) is 0 Å². The van der Waals surface area contributed by atoms with Crippen molar-refractivity contribution in [1.29, 1.82) is 0 Å². The molecule has 0 bridgehead atoms. The third-order valence-electron chi connectivity index (χ3n) is 7.56. The van der Waals surface area contributed by atoms with Crippen molar-refractivity contribution in [2.75, 3.05) is 29.9 Å². The molecule has 4 aromatic rings. The van der Waals surface area contributed by atoms with E-state index in [4.69, 9.17) is 24.4 Å². The Morgan fingerprint density at radius 2 is 2.10 bits per heavy atom. The molecule has 2 aromatic carbocycles. The van der Waals surface area contributed by atoms with E-state index in [0.29, 0.717) is 11.7 Å². The van der Waals surface area contributed by atoms with E-state index in [2.05, 4.69) is 34.3 Å². The first kappa shape index (κ1) is 26.0. The summed E-state index contributed by atoms with van der Waals surface area (Å²) in [7, 11) is 1.98. The SMILES string of the molecule is C\C=N/C(Nc1ccc(Oc2ccc3c(c2)ncn3C)c(C)c1)=c1/nc(N2CC3CCOC3C2)nc/c1=C\CC. The summed E-state index contributed by atoms with van der Waals surface area (Å²) in [4.78, 5) is 21.1. The first-order valence-corrected chi connectivity index (χ1v) is 13.9. The van der Waals surface area contributed by atoms with Crippen LogP contribution in [0, 0.1) is 12.8 Å². The molecule has 2 aliphatic rings. The van der Waals surface area contributed by atoms with Gasteiger partial charge in [0.05, 0.1) is 23.5 Å². The van der Waals surface area contributed by atoms with Crippen LogP contribution in [-0.4, -0.2) is 51.5 Å². The van der Waals surface area contributed by atoms with Crippen LogP contribution in [0.5, 0.6) is 11.5 Å². The molecule has 9 heteroatoms. The monoisotopic (exact) mass is 537 g/mol. The number of benzene rings is 2. The number of imidazole rings is 1. The lowest BCUT2D eigenvalue weighted by Crippen LogP contribution is -2.36. The predicted molar refractivity (Wildman–Crippen MR) is 159 cm³/mol. The molecule has 0 saturated carbocycles. The van der Waals surface area contributed by atoms with Crippen LogP contribution >= 0.6 is 0 Å². The van der Waals surface area contributed by atoms with Crippen LogP contribution in [0.2, 0.25) is 0 Å². The van der Waals surface area contributed by atoms with Gasteiger partial charge in [-0.25, -0.2) is 19.9 Å². The first-order valence-electron chi connectivity index (χ1n) is 13.9. The molecule has 2 aromatic heterocycles. The lowest BCUT2D eigenvalue weighted by Gasteiger charge is -2.17. The van der Waals surface area contributed by atoms with Crippen molar-refractivity contribution in [3.8, 4) is 11.5 Å². The van der Waals surface area contributed by atoms with Crippen LogP contribution in [0.4, 0.5) is 11.6 Å². The van der Waals surface area contributed by atoms with Crippen LogP contribution in [0.25, 0.3) is 22.9 Å². The molecule has 2 aliphatic heterocycles. The summed E-state index contributed by atoms with van der Waals surface area (Å²) in [5, 5.41) is 5.25. The zero-order chi connectivity index (χ0) is 27.6. The fourth-order valence-corrected chi connectivity index (χ4v) is 5.50. The van der Waals surface area contributed by atoms with E-state index in [9.17, 15) is 0 Å². The lowest BCUT2D eigenvalue weighted by molar-refractivity contribution is 0.114. The van der Waals surface area contributed by atoms with Gasteiger partial charge in [0, 0.05) is 62.0 Å². The van der Waals surface area contributed by atoms with Crippen molar-refractivity contribution in [3.05, 3.63) is 65.1 Å². The van der Waals surface area contributed by atoms with E-state index in [1.807, 2.05) is 68.3 Å². The number of ether oxygens (including phenoxy) is 2. The number of nitrogens with zero attached hydrogens (tertiary/aromatic N) is 6. The molecule has 0 spiro atoms. The standard InChI is InChI=1S/C31H35N7O2/c1-5-7-21-16-33-31(38-17-22-12-13-39-28(22)18-38)36-29(21)30(32-6-2)35-23-8-11-27(20(3)14-23)40-24-9-10-26-25(15-24)34-19-37(26)4/h6-11,14-16,19,22,28,35H,5,12-13,17-18H2,1-4H3/b21-7+,30-29-,32-6-. The molecule has 6 rings (SSSR count). The Balaban J connectivity index is 1.30. The fourth-order valence-electron chi connectivity index (χ4n) is 5.50. The molecule has 40 heavy (non-hydrogen) atoms. The maximum absolute atomic E-state index is 6.22. The van der Waals surface area contributed by atoms with Gasteiger partial charge in [-0.3, -0.25) is 0 Å². The summed E-state index contributed by atoms with van der Waals surface area (Å²) >= 11 is 0. The number of aliphatic imine (C=N–C) groups is 1.